The molecule has 5 heteroatoms. The number of nitrogens with zero attached hydrogens (tertiary/aromatic N) is 1. The van der Waals surface area contributed by atoms with E-state index in [1.54, 1.807) is 23.1 Å². The molecule has 0 radical (unpaired) electrons. The zero-order valence-corrected chi connectivity index (χ0v) is 14.2. The summed E-state index contributed by atoms with van der Waals surface area (Å²) in [6.07, 6.45) is 0.650. The lowest BCUT2D eigenvalue weighted by Gasteiger charge is -2.25. The molecule has 1 fully saturated rings. The highest BCUT2D eigenvalue weighted by molar-refractivity contribution is 5.88. The summed E-state index contributed by atoms with van der Waals surface area (Å²) >= 11 is 0. The Balaban J connectivity index is 1.97. The molecule has 0 heterocycles. The highest BCUT2D eigenvalue weighted by Crippen LogP contribution is 2.49. The van der Waals surface area contributed by atoms with E-state index in [0.717, 1.165) is 0 Å². The Morgan fingerprint density at radius 3 is 2.52 bits per heavy atom. The number of likely N-dealkylation sites (N-methyl/N-ethyl adjacent to an activating group) is 1. The maximum atomic E-state index is 13.8. The smallest absolute Gasteiger partial charge is 0.240 e. The van der Waals surface area contributed by atoms with Gasteiger partial charge in [-0.25, -0.2) is 4.39 Å². The van der Waals surface area contributed by atoms with E-state index in [9.17, 15) is 14.0 Å². The monoisotopic (exact) mass is 320 g/mol. The van der Waals surface area contributed by atoms with Gasteiger partial charge < -0.3 is 10.2 Å². The molecule has 0 spiro atoms. The van der Waals surface area contributed by atoms with E-state index in [-0.39, 0.29) is 41.6 Å². The van der Waals surface area contributed by atoms with E-state index in [2.05, 4.69) is 5.32 Å². The van der Waals surface area contributed by atoms with Crippen LogP contribution in [0.25, 0.3) is 0 Å². The number of rotatable bonds is 5. The van der Waals surface area contributed by atoms with Crippen LogP contribution in [-0.4, -0.2) is 35.3 Å². The first-order valence-corrected chi connectivity index (χ1v) is 8.07. The van der Waals surface area contributed by atoms with E-state index < -0.39 is 0 Å². The molecule has 2 amide bonds. The van der Waals surface area contributed by atoms with Crippen molar-refractivity contribution in [2.75, 3.05) is 13.1 Å². The van der Waals surface area contributed by atoms with Crippen LogP contribution in [0, 0.1) is 11.7 Å². The van der Waals surface area contributed by atoms with Crippen molar-refractivity contribution < 1.29 is 14.0 Å². The zero-order valence-electron chi connectivity index (χ0n) is 14.2. The van der Waals surface area contributed by atoms with Gasteiger partial charge in [0.25, 0.3) is 0 Å². The molecule has 0 bridgehead atoms. The van der Waals surface area contributed by atoms with Gasteiger partial charge in [-0.15, -0.1) is 0 Å². The van der Waals surface area contributed by atoms with Gasteiger partial charge in [0.1, 0.15) is 5.82 Å². The van der Waals surface area contributed by atoms with Crippen LogP contribution in [0.1, 0.15) is 45.6 Å². The fourth-order valence-corrected chi connectivity index (χ4v) is 2.80. The fraction of sp³-hybridized carbons (Fsp3) is 0.556. The second-order valence-electron chi connectivity index (χ2n) is 7.12. The average Bonchev–Trinajstić information content (AvgIpc) is 3.23. The maximum absolute atomic E-state index is 13.8. The summed E-state index contributed by atoms with van der Waals surface area (Å²) in [6, 6.07) is 6.58. The first kappa shape index (κ1) is 17.4. The van der Waals surface area contributed by atoms with Gasteiger partial charge in [-0.05, 0) is 51.7 Å². The Labute approximate surface area is 137 Å². The first-order chi connectivity index (χ1) is 10.7. The largest absolute Gasteiger partial charge is 0.350 e. The van der Waals surface area contributed by atoms with E-state index in [1.165, 1.54) is 6.07 Å². The minimum absolute atomic E-state index is 0.0487. The standard InChI is InChI=1S/C18H25FN2O2/c1-5-21(11-16(22)20-18(2,3)4)17(23)14-10-13(14)12-8-6-7-9-15(12)19/h6-9,13-14H,5,10-11H2,1-4H3,(H,20,22). The summed E-state index contributed by atoms with van der Waals surface area (Å²) in [6.45, 7) is 8.07. The van der Waals surface area contributed by atoms with Crippen LogP contribution in [0.5, 0.6) is 0 Å². The third-order valence-corrected chi connectivity index (χ3v) is 3.95. The summed E-state index contributed by atoms with van der Waals surface area (Å²) in [5.74, 6) is -0.778. The SMILES string of the molecule is CCN(CC(=O)NC(C)(C)C)C(=O)C1CC1c1ccccc1F. The lowest BCUT2D eigenvalue weighted by atomic mass is 10.1. The quantitative estimate of drug-likeness (QED) is 0.907. The Bertz CT molecular complexity index is 595. The molecule has 2 unspecified atom stereocenters. The molecular formula is C18H25FN2O2. The number of nitrogens with one attached hydrogen (secondary N) is 1. The number of amides is 2. The summed E-state index contributed by atoms with van der Waals surface area (Å²) in [4.78, 5) is 26.1. The van der Waals surface area contributed by atoms with Crippen molar-refractivity contribution in [2.45, 2.75) is 45.6 Å². The van der Waals surface area contributed by atoms with Crippen LogP contribution in [0.4, 0.5) is 4.39 Å². The Kier molecular flexibility index (Phi) is 5.07. The summed E-state index contributed by atoms with van der Waals surface area (Å²) in [5, 5.41) is 2.86. The van der Waals surface area contributed by atoms with Crippen molar-refractivity contribution in [3.63, 3.8) is 0 Å². The van der Waals surface area contributed by atoms with Crippen molar-refractivity contribution in [1.29, 1.82) is 0 Å². The van der Waals surface area contributed by atoms with Gasteiger partial charge in [-0.2, -0.15) is 0 Å². The van der Waals surface area contributed by atoms with Gasteiger partial charge in [0.05, 0.1) is 6.54 Å². The minimum atomic E-state index is -0.325. The van der Waals surface area contributed by atoms with Gasteiger partial charge in [0.2, 0.25) is 11.8 Å². The molecule has 0 aliphatic heterocycles. The highest BCUT2D eigenvalue weighted by atomic mass is 19.1. The Morgan fingerprint density at radius 1 is 1.30 bits per heavy atom. The van der Waals surface area contributed by atoms with Crippen molar-refractivity contribution >= 4 is 11.8 Å². The second-order valence-corrected chi connectivity index (χ2v) is 7.12. The maximum Gasteiger partial charge on any atom is 0.240 e. The number of hydrogen-bond acceptors (Lipinski definition) is 2. The van der Waals surface area contributed by atoms with E-state index in [4.69, 9.17) is 0 Å². The molecule has 0 saturated heterocycles. The molecule has 2 atom stereocenters. The summed E-state index contributed by atoms with van der Waals surface area (Å²) in [7, 11) is 0. The number of hydrogen-bond donors (Lipinski definition) is 1. The van der Waals surface area contributed by atoms with E-state index in [1.807, 2.05) is 27.7 Å². The van der Waals surface area contributed by atoms with Gasteiger partial charge >= 0.3 is 0 Å². The number of halogens is 1. The fourth-order valence-electron chi connectivity index (χ4n) is 2.80. The van der Waals surface area contributed by atoms with Gasteiger partial charge in [0, 0.05) is 18.0 Å². The molecule has 1 aromatic carbocycles. The Hall–Kier alpha value is -1.91. The lowest BCUT2D eigenvalue weighted by molar-refractivity contribution is -0.137. The van der Waals surface area contributed by atoms with Crippen molar-refractivity contribution in [2.24, 2.45) is 5.92 Å². The van der Waals surface area contributed by atoms with Gasteiger partial charge in [0.15, 0.2) is 0 Å². The molecule has 1 saturated carbocycles. The molecule has 1 aromatic rings. The van der Waals surface area contributed by atoms with E-state index in [0.29, 0.717) is 18.5 Å². The third-order valence-electron chi connectivity index (χ3n) is 3.95. The van der Waals surface area contributed by atoms with Crippen LogP contribution in [0.3, 0.4) is 0 Å². The van der Waals surface area contributed by atoms with Crippen LogP contribution in [0.15, 0.2) is 24.3 Å². The predicted molar refractivity (Wildman–Crippen MR) is 87.4 cm³/mol. The average molecular weight is 320 g/mol. The number of carbonyl (C=O) groups is 2. The van der Waals surface area contributed by atoms with Crippen molar-refractivity contribution in [3.05, 3.63) is 35.6 Å². The highest BCUT2D eigenvalue weighted by Gasteiger charge is 2.46. The minimum Gasteiger partial charge on any atom is -0.350 e. The summed E-state index contributed by atoms with van der Waals surface area (Å²) in [5.41, 5.74) is 0.274. The van der Waals surface area contributed by atoms with Gasteiger partial charge in [-0.1, -0.05) is 18.2 Å². The molecule has 1 N–H and O–H groups in total. The molecule has 0 aromatic heterocycles. The van der Waals surface area contributed by atoms with E-state index >= 15 is 0 Å². The Morgan fingerprint density at radius 2 is 1.96 bits per heavy atom. The predicted octanol–water partition coefficient (Wildman–Crippen LogP) is 2.69. The molecule has 2 rings (SSSR count). The zero-order chi connectivity index (χ0) is 17.2. The topological polar surface area (TPSA) is 49.4 Å². The van der Waals surface area contributed by atoms with Crippen molar-refractivity contribution in [1.82, 2.24) is 10.2 Å². The molecular weight excluding hydrogens is 295 g/mol. The molecule has 1 aliphatic rings. The van der Waals surface area contributed by atoms with Gasteiger partial charge in [-0.3, -0.25) is 9.59 Å². The summed E-state index contributed by atoms with van der Waals surface area (Å²) < 4.78 is 13.8. The first-order valence-electron chi connectivity index (χ1n) is 8.07. The number of benzene rings is 1. The van der Waals surface area contributed by atoms with Crippen LogP contribution in [0.2, 0.25) is 0 Å². The number of carbonyl (C=O) groups excluding carboxylic acids is 2. The third kappa shape index (κ3) is 4.53. The molecule has 23 heavy (non-hydrogen) atoms. The molecule has 1 aliphatic carbocycles. The van der Waals surface area contributed by atoms with Crippen LogP contribution < -0.4 is 5.32 Å². The van der Waals surface area contributed by atoms with Crippen LogP contribution in [-0.2, 0) is 9.59 Å². The molecule has 4 nitrogen and oxygen atoms in total. The normalized spacial score (nSPS) is 20.0. The lowest BCUT2D eigenvalue weighted by Crippen LogP contribution is -2.47. The van der Waals surface area contributed by atoms with Crippen molar-refractivity contribution in [3.8, 4) is 0 Å². The molecule has 126 valence electrons. The van der Waals surface area contributed by atoms with Crippen LogP contribution >= 0.6 is 0 Å². The second kappa shape index (κ2) is 6.69.